The Morgan fingerprint density at radius 1 is 1.04 bits per heavy atom. The number of aromatic nitrogens is 1. The van der Waals surface area contributed by atoms with Crippen LogP contribution < -0.4 is 10.6 Å². The molecule has 0 radical (unpaired) electrons. The molecular formula is C19H14Cl2FN3O. The second-order valence-corrected chi connectivity index (χ2v) is 6.30. The van der Waals surface area contributed by atoms with Gasteiger partial charge in [-0.25, -0.2) is 9.37 Å². The van der Waals surface area contributed by atoms with Crippen LogP contribution >= 0.6 is 23.2 Å². The second kappa shape index (κ2) is 8.17. The fraction of sp³-hybridized carbons (Fsp3) is 0.0526. The molecule has 2 N–H and O–H groups in total. The molecule has 0 spiro atoms. The molecule has 0 bridgehead atoms. The van der Waals surface area contributed by atoms with E-state index in [-0.39, 0.29) is 18.1 Å². The summed E-state index contributed by atoms with van der Waals surface area (Å²) in [6.07, 6.45) is 1.68. The molecule has 26 heavy (non-hydrogen) atoms. The predicted molar refractivity (Wildman–Crippen MR) is 103 cm³/mol. The van der Waals surface area contributed by atoms with Gasteiger partial charge in [0.15, 0.2) is 0 Å². The molecule has 0 unspecified atom stereocenters. The average Bonchev–Trinajstić information content (AvgIpc) is 2.62. The molecule has 4 nitrogen and oxygen atoms in total. The van der Waals surface area contributed by atoms with Crippen LogP contribution in [0.15, 0.2) is 60.8 Å². The summed E-state index contributed by atoms with van der Waals surface area (Å²) in [5.74, 6) is 0.0176. The van der Waals surface area contributed by atoms with Crippen molar-refractivity contribution in [3.05, 3.63) is 82.2 Å². The summed E-state index contributed by atoms with van der Waals surface area (Å²) in [6.45, 7) is 0. The van der Waals surface area contributed by atoms with Gasteiger partial charge in [-0.2, -0.15) is 0 Å². The largest absolute Gasteiger partial charge is 0.339 e. The van der Waals surface area contributed by atoms with Crippen LogP contribution in [-0.4, -0.2) is 10.9 Å². The Morgan fingerprint density at radius 3 is 2.50 bits per heavy atom. The normalized spacial score (nSPS) is 10.4. The Kier molecular flexibility index (Phi) is 5.71. The Hall–Kier alpha value is -2.63. The van der Waals surface area contributed by atoms with Crippen molar-refractivity contribution in [1.29, 1.82) is 0 Å². The lowest BCUT2D eigenvalue weighted by Gasteiger charge is -2.10. The quantitative estimate of drug-likeness (QED) is 0.609. The van der Waals surface area contributed by atoms with Crippen molar-refractivity contribution < 1.29 is 9.18 Å². The van der Waals surface area contributed by atoms with E-state index >= 15 is 0 Å². The standard InChI is InChI=1S/C19H14Cl2FN3O/c20-15-2-1-3-16(19(15)21)25-17-9-8-14(11-23-17)24-18(26)10-12-4-6-13(22)7-5-12/h1-9,11H,10H2,(H,23,25)(H,24,26). The van der Waals surface area contributed by atoms with Gasteiger partial charge in [-0.3, -0.25) is 4.79 Å². The van der Waals surface area contributed by atoms with Gasteiger partial charge in [0, 0.05) is 0 Å². The first-order valence-corrected chi connectivity index (χ1v) is 8.48. The number of benzene rings is 2. The van der Waals surface area contributed by atoms with E-state index in [1.54, 1.807) is 42.5 Å². The van der Waals surface area contributed by atoms with Crippen molar-refractivity contribution in [1.82, 2.24) is 4.98 Å². The fourth-order valence-electron chi connectivity index (χ4n) is 2.27. The maximum atomic E-state index is 12.9. The van der Waals surface area contributed by atoms with E-state index in [2.05, 4.69) is 15.6 Å². The van der Waals surface area contributed by atoms with Gasteiger partial charge in [0.25, 0.3) is 0 Å². The third kappa shape index (κ3) is 4.71. The van der Waals surface area contributed by atoms with E-state index in [0.717, 1.165) is 5.56 Å². The van der Waals surface area contributed by atoms with E-state index in [9.17, 15) is 9.18 Å². The minimum absolute atomic E-state index is 0.151. The molecule has 0 saturated heterocycles. The monoisotopic (exact) mass is 389 g/mol. The highest BCUT2D eigenvalue weighted by Gasteiger charge is 2.07. The summed E-state index contributed by atoms with van der Waals surface area (Å²) < 4.78 is 12.9. The number of rotatable bonds is 5. The summed E-state index contributed by atoms with van der Waals surface area (Å²) in [5, 5.41) is 6.66. The van der Waals surface area contributed by atoms with Crippen LogP contribution in [-0.2, 0) is 11.2 Å². The molecule has 132 valence electrons. The summed E-state index contributed by atoms with van der Waals surface area (Å²) in [4.78, 5) is 16.3. The number of halogens is 3. The number of anilines is 3. The third-order valence-corrected chi connectivity index (χ3v) is 4.36. The zero-order valence-electron chi connectivity index (χ0n) is 13.5. The fourth-order valence-corrected chi connectivity index (χ4v) is 2.62. The summed E-state index contributed by atoms with van der Waals surface area (Å²) in [7, 11) is 0. The van der Waals surface area contributed by atoms with Crippen LogP contribution in [0.25, 0.3) is 0 Å². The van der Waals surface area contributed by atoms with Crippen molar-refractivity contribution in [2.45, 2.75) is 6.42 Å². The third-order valence-electron chi connectivity index (χ3n) is 3.54. The topological polar surface area (TPSA) is 54.0 Å². The molecule has 0 aliphatic heterocycles. The molecule has 3 rings (SSSR count). The highest BCUT2D eigenvalue weighted by atomic mass is 35.5. The maximum absolute atomic E-state index is 12.9. The number of nitrogens with one attached hydrogen (secondary N) is 2. The minimum Gasteiger partial charge on any atom is -0.339 e. The average molecular weight is 390 g/mol. The molecule has 1 heterocycles. The molecule has 0 aliphatic carbocycles. The summed E-state index contributed by atoms with van der Waals surface area (Å²) >= 11 is 12.1. The number of hydrogen-bond donors (Lipinski definition) is 2. The van der Waals surface area contributed by atoms with Crippen LogP contribution in [0.1, 0.15) is 5.56 Å². The zero-order chi connectivity index (χ0) is 18.5. The lowest BCUT2D eigenvalue weighted by molar-refractivity contribution is -0.115. The SMILES string of the molecule is O=C(Cc1ccc(F)cc1)Nc1ccc(Nc2cccc(Cl)c2Cl)nc1. The van der Waals surface area contributed by atoms with Crippen LogP contribution in [0.4, 0.5) is 21.6 Å². The molecular weight excluding hydrogens is 376 g/mol. The van der Waals surface area contributed by atoms with Crippen molar-refractivity contribution in [3.8, 4) is 0 Å². The van der Waals surface area contributed by atoms with E-state index in [1.165, 1.54) is 18.3 Å². The van der Waals surface area contributed by atoms with Gasteiger partial charge in [0.2, 0.25) is 5.91 Å². The van der Waals surface area contributed by atoms with E-state index in [1.807, 2.05) is 0 Å². The molecule has 2 aromatic carbocycles. The molecule has 1 aromatic heterocycles. The minimum atomic E-state index is -0.332. The number of nitrogens with zero attached hydrogens (tertiary/aromatic N) is 1. The smallest absolute Gasteiger partial charge is 0.228 e. The van der Waals surface area contributed by atoms with Crippen LogP contribution in [0, 0.1) is 5.82 Å². The first-order chi connectivity index (χ1) is 12.5. The summed E-state index contributed by atoms with van der Waals surface area (Å²) in [5.41, 5.74) is 1.92. The van der Waals surface area contributed by atoms with E-state index < -0.39 is 0 Å². The molecule has 0 aliphatic rings. The first-order valence-electron chi connectivity index (χ1n) is 7.72. The van der Waals surface area contributed by atoms with Crippen molar-refractivity contribution in [3.63, 3.8) is 0 Å². The number of hydrogen-bond acceptors (Lipinski definition) is 3. The Labute approximate surface area is 160 Å². The van der Waals surface area contributed by atoms with Gasteiger partial charge < -0.3 is 10.6 Å². The number of carbonyl (C=O) groups excluding carboxylic acids is 1. The van der Waals surface area contributed by atoms with Gasteiger partial charge in [0.1, 0.15) is 11.6 Å². The second-order valence-electron chi connectivity index (χ2n) is 5.51. The number of pyridine rings is 1. The Morgan fingerprint density at radius 2 is 1.81 bits per heavy atom. The molecule has 0 fully saturated rings. The molecule has 3 aromatic rings. The molecule has 0 saturated carbocycles. The first kappa shape index (κ1) is 18.2. The van der Waals surface area contributed by atoms with Gasteiger partial charge >= 0.3 is 0 Å². The maximum Gasteiger partial charge on any atom is 0.228 e. The Balaban J connectivity index is 1.61. The lowest BCUT2D eigenvalue weighted by Crippen LogP contribution is -2.14. The van der Waals surface area contributed by atoms with Crippen LogP contribution in [0.5, 0.6) is 0 Å². The van der Waals surface area contributed by atoms with Gasteiger partial charge in [-0.05, 0) is 42.0 Å². The zero-order valence-corrected chi connectivity index (χ0v) is 15.0. The molecule has 0 atom stereocenters. The van der Waals surface area contributed by atoms with Crippen LogP contribution in [0.2, 0.25) is 10.0 Å². The lowest BCUT2D eigenvalue weighted by atomic mass is 10.1. The number of carbonyl (C=O) groups is 1. The van der Waals surface area contributed by atoms with Gasteiger partial charge in [0.05, 0.1) is 34.0 Å². The summed E-state index contributed by atoms with van der Waals surface area (Å²) in [6, 6.07) is 14.5. The Bertz CT molecular complexity index is 915. The van der Waals surface area contributed by atoms with Crippen molar-refractivity contribution in [2.75, 3.05) is 10.6 Å². The van der Waals surface area contributed by atoms with E-state index in [4.69, 9.17) is 23.2 Å². The van der Waals surface area contributed by atoms with Gasteiger partial charge in [-0.1, -0.05) is 41.4 Å². The van der Waals surface area contributed by atoms with Crippen molar-refractivity contribution >= 4 is 46.3 Å². The van der Waals surface area contributed by atoms with Gasteiger partial charge in [-0.15, -0.1) is 0 Å². The highest BCUT2D eigenvalue weighted by Crippen LogP contribution is 2.31. The highest BCUT2D eigenvalue weighted by molar-refractivity contribution is 6.43. The van der Waals surface area contributed by atoms with Crippen molar-refractivity contribution in [2.24, 2.45) is 0 Å². The molecule has 1 amide bonds. The number of amides is 1. The van der Waals surface area contributed by atoms with Crippen LogP contribution in [0.3, 0.4) is 0 Å². The molecule has 7 heteroatoms. The van der Waals surface area contributed by atoms with E-state index in [0.29, 0.717) is 27.2 Å². The predicted octanol–water partition coefficient (Wildman–Crippen LogP) is 5.45.